The Morgan fingerprint density at radius 2 is 1.74 bits per heavy atom. The number of primary amides is 1. The predicted octanol–water partition coefficient (Wildman–Crippen LogP) is 4.14. The summed E-state index contributed by atoms with van der Waals surface area (Å²) in [5.41, 5.74) is 7.06. The maximum absolute atomic E-state index is 13.5. The molecule has 4 aromatic rings. The highest BCUT2D eigenvalue weighted by Gasteiger charge is 2.58. The van der Waals surface area contributed by atoms with Crippen molar-refractivity contribution in [3.63, 3.8) is 0 Å². The van der Waals surface area contributed by atoms with Crippen LogP contribution in [0.3, 0.4) is 0 Å². The van der Waals surface area contributed by atoms with E-state index < -0.39 is 35.4 Å². The van der Waals surface area contributed by atoms with Crippen LogP contribution in [-0.4, -0.2) is 43.8 Å². The van der Waals surface area contributed by atoms with Gasteiger partial charge in [-0.3, -0.25) is 14.5 Å². The lowest BCUT2D eigenvalue weighted by Crippen LogP contribution is -2.64. The first-order valence-electron chi connectivity index (χ1n) is 13.2. The first-order chi connectivity index (χ1) is 20.5. The fraction of sp³-hybridized carbons (Fsp3) is 0.226. The van der Waals surface area contributed by atoms with Crippen LogP contribution in [-0.2, 0) is 41.1 Å². The number of carbonyl (C=O) groups is 2. The van der Waals surface area contributed by atoms with Gasteiger partial charge in [-0.1, -0.05) is 48.5 Å². The highest BCUT2D eigenvalue weighted by molar-refractivity contribution is 6.08. The maximum atomic E-state index is 13.5. The van der Waals surface area contributed by atoms with Crippen molar-refractivity contribution < 1.29 is 32.6 Å². The number of carbonyl (C=O) groups excluding carboxylic acids is 1. The van der Waals surface area contributed by atoms with Crippen molar-refractivity contribution in [2.24, 2.45) is 5.73 Å². The number of hydrogen-bond donors (Lipinski definition) is 2. The summed E-state index contributed by atoms with van der Waals surface area (Å²) in [4.78, 5) is 32.7. The minimum absolute atomic E-state index is 0.000126. The molecule has 0 aliphatic carbocycles. The van der Waals surface area contributed by atoms with E-state index in [9.17, 15) is 27.9 Å². The third-order valence-corrected chi connectivity index (χ3v) is 7.64. The van der Waals surface area contributed by atoms with Crippen LogP contribution in [0.5, 0.6) is 5.75 Å². The molecule has 9 nitrogen and oxygen atoms in total. The third-order valence-electron chi connectivity index (χ3n) is 7.64. The minimum Gasteiger partial charge on any atom is -0.480 e. The number of nitriles is 1. The van der Waals surface area contributed by atoms with Crippen LogP contribution in [0.2, 0.25) is 0 Å². The van der Waals surface area contributed by atoms with Crippen molar-refractivity contribution in [3.8, 4) is 11.8 Å². The Balaban J connectivity index is 1.60. The van der Waals surface area contributed by atoms with Gasteiger partial charge in [0.25, 0.3) is 0 Å². The summed E-state index contributed by atoms with van der Waals surface area (Å²) >= 11 is 0. The van der Waals surface area contributed by atoms with E-state index in [1.165, 1.54) is 35.3 Å². The molecule has 3 aromatic carbocycles. The molecule has 0 saturated carbocycles. The molecular formula is C31H26F3N5O4. The monoisotopic (exact) mass is 589 g/mol. The number of alkyl halides is 3. The highest BCUT2D eigenvalue weighted by Crippen LogP contribution is 2.39. The smallest absolute Gasteiger partial charge is 0.480 e. The van der Waals surface area contributed by atoms with E-state index in [-0.39, 0.29) is 31.7 Å². The Hall–Kier alpha value is -5.15. The molecule has 3 N–H and O–H groups in total. The number of aliphatic carboxylic acids is 1. The van der Waals surface area contributed by atoms with Crippen molar-refractivity contribution in [2.75, 3.05) is 0 Å². The molecule has 0 radical (unpaired) electrons. The zero-order valence-electron chi connectivity index (χ0n) is 22.7. The SMILES string of the molecule is N#Cc1ccc(Cn2cncc2C(C(N)=O)(C(=O)O)C2Cc3ccccc3CN2Cc2cccc(OC(F)(F)F)c2)cc1. The summed E-state index contributed by atoms with van der Waals surface area (Å²) in [5, 5.41) is 20.0. The molecule has 220 valence electrons. The number of carboxylic acids is 1. The maximum Gasteiger partial charge on any atom is 0.573 e. The van der Waals surface area contributed by atoms with Crippen LogP contribution < -0.4 is 10.5 Å². The number of halogens is 3. The van der Waals surface area contributed by atoms with E-state index >= 15 is 0 Å². The molecule has 0 spiro atoms. The zero-order valence-corrected chi connectivity index (χ0v) is 22.7. The molecule has 1 aliphatic heterocycles. The minimum atomic E-state index is -4.89. The van der Waals surface area contributed by atoms with Crippen LogP contribution >= 0.6 is 0 Å². The molecule has 2 atom stereocenters. The van der Waals surface area contributed by atoms with Crippen molar-refractivity contribution in [1.29, 1.82) is 5.26 Å². The summed E-state index contributed by atoms with van der Waals surface area (Å²) in [5.74, 6) is -3.01. The highest BCUT2D eigenvalue weighted by atomic mass is 19.4. The van der Waals surface area contributed by atoms with Crippen molar-refractivity contribution in [1.82, 2.24) is 14.5 Å². The summed E-state index contributed by atoms with van der Waals surface area (Å²) < 4.78 is 44.4. The van der Waals surface area contributed by atoms with Gasteiger partial charge in [0, 0.05) is 31.9 Å². The van der Waals surface area contributed by atoms with Gasteiger partial charge in [-0.2, -0.15) is 5.26 Å². The molecule has 5 rings (SSSR count). The Labute approximate surface area is 244 Å². The third kappa shape index (κ3) is 5.93. The summed E-state index contributed by atoms with van der Waals surface area (Å²) in [6, 6.07) is 20.5. The molecule has 1 aliphatic rings. The van der Waals surface area contributed by atoms with Crippen molar-refractivity contribution >= 4 is 11.9 Å². The average Bonchev–Trinajstić information content (AvgIpc) is 3.41. The normalized spacial score (nSPS) is 16.5. The number of amides is 1. The standard InChI is InChI=1S/C31H26F3N5O4/c32-31(33,34)43-25-7-3-4-22(12-25)17-38-18-24-6-2-1-5-23(24)13-26(38)30(28(36)40,29(41)42)27-15-37-19-39(27)16-21-10-8-20(14-35)9-11-21/h1-12,15,19,26H,13,16-18H2,(H2,36,40)(H,41,42). The van der Waals surface area contributed by atoms with E-state index in [0.29, 0.717) is 11.1 Å². The second-order valence-corrected chi connectivity index (χ2v) is 10.3. The van der Waals surface area contributed by atoms with E-state index in [1.807, 2.05) is 30.3 Å². The number of nitrogens with zero attached hydrogens (tertiary/aromatic N) is 4. The van der Waals surface area contributed by atoms with E-state index in [4.69, 9.17) is 11.0 Å². The lowest BCUT2D eigenvalue weighted by Gasteiger charge is -2.45. The summed E-state index contributed by atoms with van der Waals surface area (Å²) in [7, 11) is 0. The van der Waals surface area contributed by atoms with Gasteiger partial charge in [0.05, 0.1) is 23.7 Å². The fourth-order valence-electron chi connectivity index (χ4n) is 5.72. The molecule has 43 heavy (non-hydrogen) atoms. The van der Waals surface area contributed by atoms with Crippen LogP contribution in [0.25, 0.3) is 0 Å². The molecule has 1 amide bonds. The van der Waals surface area contributed by atoms with Crippen LogP contribution in [0.4, 0.5) is 13.2 Å². The first-order valence-corrected chi connectivity index (χ1v) is 13.2. The number of rotatable bonds is 9. The molecule has 2 unspecified atom stereocenters. The number of nitrogens with two attached hydrogens (primary N) is 1. The van der Waals surface area contributed by atoms with Crippen molar-refractivity contribution in [3.05, 3.63) is 119 Å². The number of hydrogen-bond acceptors (Lipinski definition) is 6. The molecular weight excluding hydrogens is 563 g/mol. The number of fused-ring (bicyclic) bond motifs is 1. The summed E-state index contributed by atoms with van der Waals surface area (Å²) in [6.45, 7) is 0.348. The van der Waals surface area contributed by atoms with Gasteiger partial charge in [0.2, 0.25) is 11.3 Å². The Bertz CT molecular complexity index is 1680. The predicted molar refractivity (Wildman–Crippen MR) is 147 cm³/mol. The number of imidazole rings is 1. The van der Waals surface area contributed by atoms with E-state index in [0.717, 1.165) is 16.7 Å². The molecule has 0 saturated heterocycles. The summed E-state index contributed by atoms with van der Waals surface area (Å²) in [6.07, 6.45) is -2.05. The molecule has 0 fully saturated rings. The van der Waals surface area contributed by atoms with Crippen LogP contribution in [0.15, 0.2) is 85.3 Å². The van der Waals surface area contributed by atoms with Gasteiger partial charge in [0.15, 0.2) is 0 Å². The van der Waals surface area contributed by atoms with Crippen molar-refractivity contribution in [2.45, 2.75) is 43.9 Å². The Kier molecular flexibility index (Phi) is 7.93. The fourth-order valence-corrected chi connectivity index (χ4v) is 5.72. The van der Waals surface area contributed by atoms with Crippen LogP contribution in [0, 0.1) is 11.3 Å². The van der Waals surface area contributed by atoms with Gasteiger partial charge >= 0.3 is 12.3 Å². The lowest BCUT2D eigenvalue weighted by molar-refractivity contribution is -0.274. The number of aromatic nitrogens is 2. The largest absolute Gasteiger partial charge is 0.573 e. The second-order valence-electron chi connectivity index (χ2n) is 10.3. The van der Waals surface area contributed by atoms with Gasteiger partial charge < -0.3 is 20.1 Å². The van der Waals surface area contributed by atoms with E-state index in [1.54, 1.807) is 35.2 Å². The molecule has 2 heterocycles. The topological polar surface area (TPSA) is 134 Å². The molecule has 12 heteroatoms. The quantitative estimate of drug-likeness (QED) is 0.280. The van der Waals surface area contributed by atoms with Gasteiger partial charge in [0.1, 0.15) is 5.75 Å². The number of ether oxygens (including phenoxy) is 1. The molecule has 0 bridgehead atoms. The Morgan fingerprint density at radius 1 is 1.02 bits per heavy atom. The molecule has 1 aromatic heterocycles. The lowest BCUT2D eigenvalue weighted by atomic mass is 9.71. The van der Waals surface area contributed by atoms with Gasteiger partial charge in [-0.15, -0.1) is 13.2 Å². The number of benzene rings is 3. The zero-order chi connectivity index (χ0) is 30.8. The first kappa shape index (κ1) is 29.3. The second kappa shape index (κ2) is 11.6. The number of carboxylic acid groups (broad SMARTS) is 1. The van der Waals surface area contributed by atoms with Crippen LogP contribution in [0.1, 0.15) is 33.5 Å². The Morgan fingerprint density at radius 3 is 2.40 bits per heavy atom. The van der Waals surface area contributed by atoms with Gasteiger partial charge in [-0.05, 0) is 52.9 Å². The van der Waals surface area contributed by atoms with E-state index in [2.05, 4.69) is 9.72 Å². The van der Waals surface area contributed by atoms with Gasteiger partial charge in [-0.25, -0.2) is 4.98 Å². The average molecular weight is 590 g/mol.